The van der Waals surface area contributed by atoms with Crippen molar-refractivity contribution < 1.29 is 4.79 Å². The number of amides is 1. The van der Waals surface area contributed by atoms with Crippen LogP contribution in [0.5, 0.6) is 0 Å². The minimum Gasteiger partial charge on any atom is -0.348 e. The van der Waals surface area contributed by atoms with Gasteiger partial charge in [-0.2, -0.15) is 5.10 Å². The van der Waals surface area contributed by atoms with Crippen molar-refractivity contribution in [2.24, 2.45) is 0 Å². The Labute approximate surface area is 139 Å². The van der Waals surface area contributed by atoms with Crippen molar-refractivity contribution in [1.29, 1.82) is 0 Å². The normalized spacial score (nSPS) is 18.3. The summed E-state index contributed by atoms with van der Waals surface area (Å²) < 4.78 is 2.00. The highest BCUT2D eigenvalue weighted by atomic mass is 16.2. The highest BCUT2D eigenvalue weighted by Gasteiger charge is 2.23. The Hall–Kier alpha value is -1.40. The molecule has 0 unspecified atom stereocenters. The molecular weight excluding hydrogens is 290 g/mol. The molecule has 0 aromatic carbocycles. The van der Waals surface area contributed by atoms with Crippen molar-refractivity contribution >= 4 is 5.91 Å². The summed E-state index contributed by atoms with van der Waals surface area (Å²) >= 11 is 0. The van der Waals surface area contributed by atoms with E-state index in [1.54, 1.807) is 4.90 Å². The van der Waals surface area contributed by atoms with E-state index in [4.69, 9.17) is 0 Å². The van der Waals surface area contributed by atoms with Crippen LogP contribution in [0, 0.1) is 0 Å². The van der Waals surface area contributed by atoms with E-state index in [2.05, 4.69) is 42.3 Å². The Morgan fingerprint density at radius 2 is 2.00 bits per heavy atom. The molecule has 6 nitrogen and oxygen atoms in total. The maximum atomic E-state index is 11.8. The molecule has 1 aromatic heterocycles. The number of aromatic nitrogens is 2. The van der Waals surface area contributed by atoms with Crippen molar-refractivity contribution in [2.45, 2.75) is 51.7 Å². The lowest BCUT2D eigenvalue weighted by Gasteiger charge is -2.33. The van der Waals surface area contributed by atoms with Gasteiger partial charge in [-0.15, -0.1) is 0 Å². The van der Waals surface area contributed by atoms with Crippen LogP contribution in [0.3, 0.4) is 0 Å². The van der Waals surface area contributed by atoms with Crippen LogP contribution in [0.2, 0.25) is 0 Å². The van der Waals surface area contributed by atoms with Gasteiger partial charge in [-0.1, -0.05) is 0 Å². The second-order valence-electron chi connectivity index (χ2n) is 7.07. The molecule has 0 aliphatic carbocycles. The summed E-state index contributed by atoms with van der Waals surface area (Å²) in [7, 11) is 3.63. The van der Waals surface area contributed by atoms with Crippen molar-refractivity contribution in [3.63, 3.8) is 0 Å². The molecule has 130 valence electrons. The van der Waals surface area contributed by atoms with Gasteiger partial charge in [0.05, 0.1) is 12.7 Å². The second kappa shape index (κ2) is 7.93. The average molecular weight is 321 g/mol. The van der Waals surface area contributed by atoms with Gasteiger partial charge in [0.1, 0.15) is 0 Å². The predicted molar refractivity (Wildman–Crippen MR) is 92.3 cm³/mol. The van der Waals surface area contributed by atoms with Gasteiger partial charge in [-0.3, -0.25) is 14.4 Å². The van der Waals surface area contributed by atoms with E-state index in [1.807, 2.05) is 25.0 Å². The molecule has 1 atom stereocenters. The number of nitrogens with zero attached hydrogens (tertiary/aromatic N) is 4. The van der Waals surface area contributed by atoms with Crippen LogP contribution >= 0.6 is 0 Å². The van der Waals surface area contributed by atoms with E-state index in [0.717, 1.165) is 25.9 Å². The van der Waals surface area contributed by atoms with Gasteiger partial charge in [0.25, 0.3) is 0 Å². The Balaban J connectivity index is 1.78. The topological polar surface area (TPSA) is 53.4 Å². The van der Waals surface area contributed by atoms with Gasteiger partial charge >= 0.3 is 0 Å². The molecule has 1 aliphatic heterocycles. The van der Waals surface area contributed by atoms with Crippen molar-refractivity contribution in [3.8, 4) is 0 Å². The maximum Gasteiger partial charge on any atom is 0.236 e. The summed E-state index contributed by atoms with van der Waals surface area (Å²) in [6, 6.07) is 1.22. The number of piperidine rings is 1. The minimum atomic E-state index is 0.186. The lowest BCUT2D eigenvalue weighted by molar-refractivity contribution is -0.130. The molecule has 6 heteroatoms. The largest absolute Gasteiger partial charge is 0.348 e. The van der Waals surface area contributed by atoms with E-state index in [9.17, 15) is 4.79 Å². The van der Waals surface area contributed by atoms with Crippen LogP contribution in [0.1, 0.15) is 51.3 Å². The maximum absolute atomic E-state index is 11.8. The summed E-state index contributed by atoms with van der Waals surface area (Å²) in [6.45, 7) is 8.98. The Kier molecular flexibility index (Phi) is 6.18. The molecule has 1 saturated heterocycles. The molecule has 0 bridgehead atoms. The molecule has 0 radical (unpaired) electrons. The Bertz CT molecular complexity index is 503. The van der Waals surface area contributed by atoms with Gasteiger partial charge in [0.15, 0.2) is 0 Å². The van der Waals surface area contributed by atoms with Gasteiger partial charge in [-0.05, 0) is 33.6 Å². The van der Waals surface area contributed by atoms with Crippen molar-refractivity contribution in [2.75, 3.05) is 33.7 Å². The molecule has 1 fully saturated rings. The number of hydrogen-bond acceptors (Lipinski definition) is 4. The van der Waals surface area contributed by atoms with E-state index < -0.39 is 0 Å². The average Bonchev–Trinajstić information content (AvgIpc) is 2.99. The third kappa shape index (κ3) is 5.04. The molecule has 1 aromatic rings. The summed E-state index contributed by atoms with van der Waals surface area (Å²) in [5.41, 5.74) is 1.24. The van der Waals surface area contributed by atoms with Gasteiger partial charge in [0.2, 0.25) is 5.91 Å². The molecule has 1 N–H and O–H groups in total. The van der Waals surface area contributed by atoms with Crippen LogP contribution in [-0.2, 0) is 4.79 Å². The van der Waals surface area contributed by atoms with Gasteiger partial charge in [-0.25, -0.2) is 0 Å². The van der Waals surface area contributed by atoms with E-state index >= 15 is 0 Å². The molecule has 23 heavy (non-hydrogen) atoms. The van der Waals surface area contributed by atoms with Crippen molar-refractivity contribution in [1.82, 2.24) is 24.9 Å². The molecule has 2 heterocycles. The fourth-order valence-corrected chi connectivity index (χ4v) is 2.90. The molecule has 0 saturated carbocycles. The smallest absolute Gasteiger partial charge is 0.236 e. The van der Waals surface area contributed by atoms with Crippen LogP contribution in [0.4, 0.5) is 0 Å². The number of hydrogen-bond donors (Lipinski definition) is 1. The predicted octanol–water partition coefficient (Wildman–Crippen LogP) is 1.67. The Morgan fingerprint density at radius 1 is 1.35 bits per heavy atom. The summed E-state index contributed by atoms with van der Waals surface area (Å²) in [6.07, 6.45) is 6.27. The second-order valence-corrected chi connectivity index (χ2v) is 7.07. The number of likely N-dealkylation sites (N-methyl/N-ethyl adjacent to an activating group) is 1. The van der Waals surface area contributed by atoms with E-state index in [1.165, 1.54) is 5.56 Å². The zero-order valence-corrected chi connectivity index (χ0v) is 15.1. The SMILES string of the molecule is CC(C)n1cc([C@@H](C)NC2CCN(CC(=O)N(C)C)CC2)cn1. The zero-order chi connectivity index (χ0) is 17.0. The Morgan fingerprint density at radius 3 is 2.52 bits per heavy atom. The molecular formula is C17H31N5O. The number of carbonyl (C=O) groups is 1. The first kappa shape index (κ1) is 17.9. The van der Waals surface area contributed by atoms with Gasteiger partial charge in [0, 0.05) is 57.1 Å². The van der Waals surface area contributed by atoms with Crippen LogP contribution in [0.25, 0.3) is 0 Å². The third-order valence-corrected chi connectivity index (χ3v) is 4.58. The van der Waals surface area contributed by atoms with Crippen LogP contribution < -0.4 is 5.32 Å². The quantitative estimate of drug-likeness (QED) is 0.866. The highest BCUT2D eigenvalue weighted by molar-refractivity contribution is 5.77. The molecule has 1 aliphatic rings. The summed E-state index contributed by atoms with van der Waals surface area (Å²) in [5.74, 6) is 0.186. The van der Waals surface area contributed by atoms with Crippen LogP contribution in [0.15, 0.2) is 12.4 Å². The number of nitrogens with one attached hydrogen (secondary N) is 1. The monoisotopic (exact) mass is 321 g/mol. The molecule has 0 spiro atoms. The first-order valence-electron chi connectivity index (χ1n) is 8.59. The third-order valence-electron chi connectivity index (χ3n) is 4.58. The fourth-order valence-electron chi connectivity index (χ4n) is 2.90. The standard InChI is InChI=1S/C17H31N5O/c1-13(2)22-11-15(10-18-22)14(3)19-16-6-8-21(9-7-16)12-17(23)20(4)5/h10-11,13-14,16,19H,6-9,12H2,1-5H3/t14-/m1/s1. The number of likely N-dealkylation sites (tertiary alicyclic amines) is 1. The van der Waals surface area contributed by atoms with Crippen molar-refractivity contribution in [3.05, 3.63) is 18.0 Å². The minimum absolute atomic E-state index is 0.186. The van der Waals surface area contributed by atoms with E-state index in [0.29, 0.717) is 24.7 Å². The first-order chi connectivity index (χ1) is 10.9. The van der Waals surface area contributed by atoms with Gasteiger partial charge < -0.3 is 10.2 Å². The zero-order valence-electron chi connectivity index (χ0n) is 15.1. The fraction of sp³-hybridized carbons (Fsp3) is 0.765. The summed E-state index contributed by atoms with van der Waals surface area (Å²) in [5, 5.41) is 8.13. The summed E-state index contributed by atoms with van der Waals surface area (Å²) in [4.78, 5) is 15.7. The lowest BCUT2D eigenvalue weighted by atomic mass is 10.0. The first-order valence-corrected chi connectivity index (χ1v) is 8.59. The number of rotatable bonds is 6. The van der Waals surface area contributed by atoms with Crippen LogP contribution in [-0.4, -0.2) is 65.3 Å². The van der Waals surface area contributed by atoms with E-state index in [-0.39, 0.29) is 5.91 Å². The lowest BCUT2D eigenvalue weighted by Crippen LogP contribution is -2.46. The number of carbonyl (C=O) groups excluding carboxylic acids is 1. The molecule has 1 amide bonds. The highest BCUT2D eigenvalue weighted by Crippen LogP contribution is 2.18. The molecule has 2 rings (SSSR count).